The number of hydrogen-bond acceptors (Lipinski definition) is 3. The average Bonchev–Trinajstić information content (AvgIpc) is 2.77. The average molecular weight is 426 g/mol. The van der Waals surface area contributed by atoms with E-state index in [0.29, 0.717) is 5.92 Å². The number of carbonyl (C=O) groups excluding carboxylic acids is 1. The Balaban J connectivity index is 1.55. The number of pyridine rings is 1. The fourth-order valence-corrected chi connectivity index (χ4v) is 6.06. The molecule has 4 nitrogen and oxygen atoms in total. The third-order valence-corrected chi connectivity index (χ3v) is 7.87. The maximum Gasteiger partial charge on any atom is 0.227 e. The molecule has 31 heavy (non-hydrogen) atoms. The number of anilines is 2. The molecule has 0 radical (unpaired) electrons. The van der Waals surface area contributed by atoms with Gasteiger partial charge in [-0.1, -0.05) is 77.0 Å². The van der Waals surface area contributed by atoms with Gasteiger partial charge in [0.15, 0.2) is 0 Å². The highest BCUT2D eigenvalue weighted by molar-refractivity contribution is 5.93. The van der Waals surface area contributed by atoms with Crippen LogP contribution in [0.15, 0.2) is 6.20 Å². The molecule has 172 valence electrons. The summed E-state index contributed by atoms with van der Waals surface area (Å²) in [6.07, 6.45) is 24.5. The van der Waals surface area contributed by atoms with Crippen LogP contribution in [0.3, 0.4) is 0 Å². The molecule has 2 aliphatic carbocycles. The molecular weight excluding hydrogens is 382 g/mol. The molecule has 0 atom stereocenters. The summed E-state index contributed by atoms with van der Waals surface area (Å²) in [5, 5.41) is 6.94. The predicted molar refractivity (Wildman–Crippen MR) is 130 cm³/mol. The minimum Gasteiger partial charge on any atom is -0.370 e. The molecule has 2 saturated carbocycles. The first-order valence-corrected chi connectivity index (χ1v) is 13.4. The molecule has 4 rings (SSSR count). The topological polar surface area (TPSA) is 54.0 Å². The molecule has 3 aliphatic rings. The largest absolute Gasteiger partial charge is 0.370 e. The molecule has 0 unspecified atom stereocenters. The minimum absolute atomic E-state index is 0.164. The Morgan fingerprint density at radius 3 is 2.03 bits per heavy atom. The lowest BCUT2D eigenvalue weighted by Crippen LogP contribution is -2.26. The standard InChI is InChI=1S/C27H43N3O/c31-27(22-16-11-5-2-1-3-6-12-17-22)30-24-20-29-26-23(18-13-19-28-26)25(24)21-14-9-7-4-8-10-15-21/h20-22H,1-19H2,(H,28,29)(H,30,31). The molecular formula is C27H43N3O. The van der Waals surface area contributed by atoms with Crippen LogP contribution >= 0.6 is 0 Å². The van der Waals surface area contributed by atoms with Crippen molar-refractivity contribution in [2.75, 3.05) is 17.2 Å². The summed E-state index contributed by atoms with van der Waals surface area (Å²) in [5.74, 6) is 2.05. The predicted octanol–water partition coefficient (Wildman–Crippen LogP) is 7.35. The Kier molecular flexibility index (Phi) is 8.66. The van der Waals surface area contributed by atoms with Gasteiger partial charge in [0, 0.05) is 18.0 Å². The summed E-state index contributed by atoms with van der Waals surface area (Å²) in [6, 6.07) is 0. The quantitative estimate of drug-likeness (QED) is 0.532. The van der Waals surface area contributed by atoms with Gasteiger partial charge in [-0.15, -0.1) is 0 Å². The van der Waals surface area contributed by atoms with E-state index in [2.05, 4.69) is 10.6 Å². The lowest BCUT2D eigenvalue weighted by molar-refractivity contribution is -0.120. The summed E-state index contributed by atoms with van der Waals surface area (Å²) in [4.78, 5) is 18.2. The van der Waals surface area contributed by atoms with Gasteiger partial charge in [0.05, 0.1) is 11.9 Å². The molecule has 1 aliphatic heterocycles. The lowest BCUT2D eigenvalue weighted by Gasteiger charge is -2.29. The number of nitrogens with one attached hydrogen (secondary N) is 2. The summed E-state index contributed by atoms with van der Waals surface area (Å²) < 4.78 is 0. The van der Waals surface area contributed by atoms with E-state index in [9.17, 15) is 4.79 Å². The van der Waals surface area contributed by atoms with E-state index in [-0.39, 0.29) is 11.8 Å². The van der Waals surface area contributed by atoms with E-state index in [4.69, 9.17) is 4.98 Å². The van der Waals surface area contributed by atoms with E-state index < -0.39 is 0 Å². The van der Waals surface area contributed by atoms with Crippen molar-refractivity contribution in [2.24, 2.45) is 5.92 Å². The Labute approximate surface area is 189 Å². The molecule has 4 heteroatoms. The molecule has 0 bridgehead atoms. The van der Waals surface area contributed by atoms with Crippen molar-refractivity contribution in [1.29, 1.82) is 0 Å². The molecule has 0 aromatic carbocycles. The van der Waals surface area contributed by atoms with Crippen molar-refractivity contribution in [3.05, 3.63) is 17.3 Å². The SMILES string of the molecule is O=C(Nc1cnc2c(c1C1CCCCCCC1)CCCN2)C1CCCCCCCCC1. The van der Waals surface area contributed by atoms with Crippen LogP contribution in [-0.2, 0) is 11.2 Å². The maximum atomic E-state index is 13.4. The van der Waals surface area contributed by atoms with Gasteiger partial charge in [-0.25, -0.2) is 4.98 Å². The summed E-state index contributed by atoms with van der Waals surface area (Å²) >= 11 is 0. The van der Waals surface area contributed by atoms with Gasteiger partial charge in [0.2, 0.25) is 5.91 Å². The van der Waals surface area contributed by atoms with Crippen molar-refractivity contribution in [2.45, 2.75) is 121 Å². The van der Waals surface area contributed by atoms with E-state index in [0.717, 1.165) is 43.7 Å². The Bertz CT molecular complexity index is 699. The van der Waals surface area contributed by atoms with Crippen LogP contribution in [0, 0.1) is 5.92 Å². The number of hydrogen-bond donors (Lipinski definition) is 2. The van der Waals surface area contributed by atoms with Gasteiger partial charge in [-0.2, -0.15) is 0 Å². The van der Waals surface area contributed by atoms with Gasteiger partial charge < -0.3 is 10.6 Å². The Morgan fingerprint density at radius 1 is 0.806 bits per heavy atom. The zero-order valence-corrected chi connectivity index (χ0v) is 19.5. The minimum atomic E-state index is 0.164. The molecule has 1 aromatic heterocycles. The van der Waals surface area contributed by atoms with Gasteiger partial charge in [0.25, 0.3) is 0 Å². The van der Waals surface area contributed by atoms with Crippen LogP contribution in [0.1, 0.15) is 126 Å². The van der Waals surface area contributed by atoms with Crippen LogP contribution in [0.4, 0.5) is 11.5 Å². The zero-order chi connectivity index (χ0) is 21.3. The highest BCUT2D eigenvalue weighted by Crippen LogP contribution is 2.40. The normalized spacial score (nSPS) is 22.5. The summed E-state index contributed by atoms with van der Waals surface area (Å²) in [6.45, 7) is 1.01. The fraction of sp³-hybridized carbons (Fsp3) is 0.778. The van der Waals surface area contributed by atoms with E-state index in [1.54, 1.807) is 0 Å². The molecule has 2 fully saturated rings. The first kappa shape index (κ1) is 22.6. The van der Waals surface area contributed by atoms with Gasteiger partial charge in [0.1, 0.15) is 5.82 Å². The highest BCUT2D eigenvalue weighted by atomic mass is 16.1. The van der Waals surface area contributed by atoms with Crippen LogP contribution < -0.4 is 10.6 Å². The Morgan fingerprint density at radius 2 is 1.39 bits per heavy atom. The van der Waals surface area contributed by atoms with Crippen LogP contribution in [0.5, 0.6) is 0 Å². The van der Waals surface area contributed by atoms with Gasteiger partial charge >= 0.3 is 0 Å². The first-order chi connectivity index (χ1) is 15.3. The van der Waals surface area contributed by atoms with Gasteiger partial charge in [-0.3, -0.25) is 4.79 Å². The van der Waals surface area contributed by atoms with Crippen molar-refractivity contribution < 1.29 is 4.79 Å². The van der Waals surface area contributed by atoms with Crippen molar-refractivity contribution in [1.82, 2.24) is 4.98 Å². The second-order valence-corrected chi connectivity index (χ2v) is 10.2. The Hall–Kier alpha value is -1.58. The number of rotatable bonds is 3. The third-order valence-electron chi connectivity index (χ3n) is 7.87. The molecule has 1 aromatic rings. The van der Waals surface area contributed by atoms with Crippen molar-refractivity contribution in [3.8, 4) is 0 Å². The number of amides is 1. The molecule has 1 amide bonds. The molecule has 0 saturated heterocycles. The molecule has 0 spiro atoms. The maximum absolute atomic E-state index is 13.4. The van der Waals surface area contributed by atoms with Crippen LogP contribution in [0.25, 0.3) is 0 Å². The van der Waals surface area contributed by atoms with E-state index in [1.807, 2.05) is 6.20 Å². The highest BCUT2D eigenvalue weighted by Gasteiger charge is 2.27. The second-order valence-electron chi connectivity index (χ2n) is 10.2. The number of fused-ring (bicyclic) bond motifs is 1. The van der Waals surface area contributed by atoms with E-state index in [1.165, 1.54) is 101 Å². The summed E-state index contributed by atoms with van der Waals surface area (Å²) in [7, 11) is 0. The number of nitrogens with zero attached hydrogens (tertiary/aromatic N) is 1. The van der Waals surface area contributed by atoms with Gasteiger partial charge in [-0.05, 0) is 50.0 Å². The zero-order valence-electron chi connectivity index (χ0n) is 19.5. The second kappa shape index (κ2) is 11.9. The molecule has 2 N–H and O–H groups in total. The lowest BCUT2D eigenvalue weighted by atomic mass is 9.81. The van der Waals surface area contributed by atoms with Crippen molar-refractivity contribution in [3.63, 3.8) is 0 Å². The summed E-state index contributed by atoms with van der Waals surface area (Å²) in [5.41, 5.74) is 3.84. The van der Waals surface area contributed by atoms with Crippen LogP contribution in [0.2, 0.25) is 0 Å². The molecule has 2 heterocycles. The third kappa shape index (κ3) is 6.23. The smallest absolute Gasteiger partial charge is 0.227 e. The first-order valence-electron chi connectivity index (χ1n) is 13.4. The van der Waals surface area contributed by atoms with Crippen molar-refractivity contribution >= 4 is 17.4 Å². The van der Waals surface area contributed by atoms with E-state index >= 15 is 0 Å². The number of carbonyl (C=O) groups is 1. The van der Waals surface area contributed by atoms with Crippen LogP contribution in [-0.4, -0.2) is 17.4 Å². The monoisotopic (exact) mass is 425 g/mol. The number of aromatic nitrogens is 1. The fourth-order valence-electron chi connectivity index (χ4n) is 6.06.